The van der Waals surface area contributed by atoms with Gasteiger partial charge in [0, 0.05) is 10.9 Å². The van der Waals surface area contributed by atoms with E-state index >= 15 is 0 Å². The molecule has 8 heteroatoms. The van der Waals surface area contributed by atoms with Crippen LogP contribution in [0.3, 0.4) is 0 Å². The van der Waals surface area contributed by atoms with Crippen LogP contribution >= 0.6 is 11.3 Å². The second-order valence-corrected chi connectivity index (χ2v) is 5.74. The predicted octanol–water partition coefficient (Wildman–Crippen LogP) is 2.50. The molecule has 1 aromatic carbocycles. The summed E-state index contributed by atoms with van der Waals surface area (Å²) in [5.74, 6) is -0.850. The van der Waals surface area contributed by atoms with Crippen LogP contribution in [0.4, 0.5) is 10.8 Å². The molecule has 0 fully saturated rings. The number of phenolic OH excluding ortho intramolecular Hbond substituents is 1. The molecule has 0 spiro atoms. The Morgan fingerprint density at radius 3 is 2.95 bits per heavy atom. The lowest BCUT2D eigenvalue weighted by Gasteiger charge is -2.03. The van der Waals surface area contributed by atoms with Crippen LogP contribution < -0.4 is 5.32 Å². The average Bonchev–Trinajstić information content (AvgIpc) is 2.99. The summed E-state index contributed by atoms with van der Waals surface area (Å²) in [7, 11) is 0. The van der Waals surface area contributed by atoms with Gasteiger partial charge in [-0.25, -0.2) is 4.98 Å². The summed E-state index contributed by atoms with van der Waals surface area (Å²) < 4.78 is 0. The maximum Gasteiger partial charge on any atom is 0.282 e. The van der Waals surface area contributed by atoms with Crippen molar-refractivity contribution < 1.29 is 14.8 Å². The van der Waals surface area contributed by atoms with Crippen molar-refractivity contribution in [2.45, 2.75) is 19.3 Å². The molecule has 21 heavy (non-hydrogen) atoms. The summed E-state index contributed by atoms with van der Waals surface area (Å²) in [5, 5.41) is 23.3. The Labute approximate surface area is 123 Å². The van der Waals surface area contributed by atoms with E-state index in [1.807, 2.05) is 0 Å². The van der Waals surface area contributed by atoms with Gasteiger partial charge in [-0.05, 0) is 31.4 Å². The first-order valence-corrected chi connectivity index (χ1v) is 7.13. The Hall–Kier alpha value is -2.48. The Bertz CT molecular complexity index is 720. The molecule has 1 aromatic heterocycles. The highest BCUT2D eigenvalue weighted by Gasteiger charge is 2.23. The number of phenols is 1. The van der Waals surface area contributed by atoms with Crippen LogP contribution in [0.1, 0.15) is 27.3 Å². The first-order valence-electron chi connectivity index (χ1n) is 6.32. The lowest BCUT2D eigenvalue weighted by atomic mass is 10.1. The van der Waals surface area contributed by atoms with Gasteiger partial charge < -0.3 is 5.11 Å². The number of carbonyl (C=O) groups is 1. The molecule has 0 radical (unpaired) electrons. The van der Waals surface area contributed by atoms with E-state index in [1.54, 1.807) is 0 Å². The highest BCUT2D eigenvalue weighted by molar-refractivity contribution is 7.16. The number of fused-ring (bicyclic) bond motifs is 1. The van der Waals surface area contributed by atoms with Gasteiger partial charge in [-0.15, -0.1) is 11.3 Å². The lowest BCUT2D eigenvalue weighted by Crippen LogP contribution is -2.13. The van der Waals surface area contributed by atoms with Gasteiger partial charge >= 0.3 is 0 Å². The van der Waals surface area contributed by atoms with E-state index in [1.165, 1.54) is 17.4 Å². The first-order chi connectivity index (χ1) is 10.0. The molecule has 3 rings (SSSR count). The number of hydrogen-bond acceptors (Lipinski definition) is 6. The average molecular weight is 305 g/mol. The van der Waals surface area contributed by atoms with Gasteiger partial charge in [0.25, 0.3) is 11.6 Å². The van der Waals surface area contributed by atoms with E-state index in [-0.39, 0.29) is 17.0 Å². The Morgan fingerprint density at radius 1 is 1.43 bits per heavy atom. The number of carbonyl (C=O) groups excluding carboxylic acids is 1. The van der Waals surface area contributed by atoms with Crippen molar-refractivity contribution >= 4 is 28.1 Å². The lowest BCUT2D eigenvalue weighted by molar-refractivity contribution is -0.385. The van der Waals surface area contributed by atoms with Crippen LogP contribution in [-0.4, -0.2) is 20.9 Å². The SMILES string of the molecule is O=C(Nc1nc2c(s1)CCC2)c1cc(O)ccc1[N+](=O)[O-]. The highest BCUT2D eigenvalue weighted by Crippen LogP contribution is 2.31. The van der Waals surface area contributed by atoms with Crippen LogP contribution in [0.15, 0.2) is 18.2 Å². The summed E-state index contributed by atoms with van der Waals surface area (Å²) in [4.78, 5) is 27.9. The van der Waals surface area contributed by atoms with Crippen LogP contribution in [0.25, 0.3) is 0 Å². The van der Waals surface area contributed by atoms with E-state index in [4.69, 9.17) is 0 Å². The number of nitro groups is 1. The Balaban J connectivity index is 1.87. The van der Waals surface area contributed by atoms with Crippen molar-refractivity contribution in [3.05, 3.63) is 44.4 Å². The molecule has 108 valence electrons. The number of amides is 1. The maximum absolute atomic E-state index is 12.2. The summed E-state index contributed by atoms with van der Waals surface area (Å²) in [5.41, 5.74) is 0.450. The number of benzene rings is 1. The number of thiazole rings is 1. The molecule has 0 saturated carbocycles. The number of nitro benzene ring substituents is 1. The number of hydrogen-bond donors (Lipinski definition) is 2. The molecule has 1 aliphatic carbocycles. The van der Waals surface area contributed by atoms with Gasteiger partial charge in [-0.1, -0.05) is 0 Å². The number of aromatic nitrogens is 1. The van der Waals surface area contributed by atoms with E-state index in [9.17, 15) is 20.0 Å². The fourth-order valence-electron chi connectivity index (χ4n) is 2.27. The molecule has 0 bridgehead atoms. The van der Waals surface area contributed by atoms with Gasteiger partial charge in [0.05, 0.1) is 10.6 Å². The molecule has 1 aliphatic rings. The summed E-state index contributed by atoms with van der Waals surface area (Å²) in [6.07, 6.45) is 2.92. The van der Waals surface area contributed by atoms with Crippen molar-refractivity contribution in [1.29, 1.82) is 0 Å². The quantitative estimate of drug-likeness (QED) is 0.669. The van der Waals surface area contributed by atoms with Gasteiger partial charge in [0.1, 0.15) is 11.3 Å². The second-order valence-electron chi connectivity index (χ2n) is 4.66. The summed E-state index contributed by atoms with van der Waals surface area (Å²) in [6.45, 7) is 0. The molecule has 0 unspecified atom stereocenters. The van der Waals surface area contributed by atoms with Crippen molar-refractivity contribution in [2.24, 2.45) is 0 Å². The number of aryl methyl sites for hydroxylation is 2. The zero-order chi connectivity index (χ0) is 15.0. The predicted molar refractivity (Wildman–Crippen MR) is 76.9 cm³/mol. The van der Waals surface area contributed by atoms with Crippen molar-refractivity contribution in [1.82, 2.24) is 4.98 Å². The van der Waals surface area contributed by atoms with Crippen LogP contribution in [0.2, 0.25) is 0 Å². The van der Waals surface area contributed by atoms with Gasteiger partial charge in [-0.2, -0.15) is 0 Å². The van der Waals surface area contributed by atoms with Crippen LogP contribution in [0.5, 0.6) is 5.75 Å². The summed E-state index contributed by atoms with van der Waals surface area (Å²) >= 11 is 1.39. The van der Waals surface area contributed by atoms with E-state index in [2.05, 4.69) is 10.3 Å². The Morgan fingerprint density at radius 2 is 2.24 bits per heavy atom. The second kappa shape index (κ2) is 5.13. The molecule has 1 amide bonds. The number of aromatic hydroxyl groups is 1. The zero-order valence-corrected chi connectivity index (χ0v) is 11.6. The topological polar surface area (TPSA) is 105 Å². The molecule has 2 aromatic rings. The van der Waals surface area contributed by atoms with Crippen molar-refractivity contribution in [3.63, 3.8) is 0 Å². The van der Waals surface area contributed by atoms with Gasteiger partial charge in [-0.3, -0.25) is 20.2 Å². The standard InChI is InChI=1S/C13H11N3O4S/c17-7-4-5-10(16(19)20)8(6-7)12(18)15-13-14-9-2-1-3-11(9)21-13/h4-6,17H,1-3H2,(H,14,15,18). The van der Waals surface area contributed by atoms with Crippen molar-refractivity contribution in [2.75, 3.05) is 5.32 Å². The highest BCUT2D eigenvalue weighted by atomic mass is 32.1. The van der Waals surface area contributed by atoms with Gasteiger partial charge in [0.2, 0.25) is 0 Å². The van der Waals surface area contributed by atoms with E-state index < -0.39 is 10.8 Å². The molecular formula is C13H11N3O4S. The molecule has 1 heterocycles. The molecule has 7 nitrogen and oxygen atoms in total. The maximum atomic E-state index is 12.2. The van der Waals surface area contributed by atoms with Crippen molar-refractivity contribution in [3.8, 4) is 5.75 Å². The van der Waals surface area contributed by atoms with E-state index in [0.29, 0.717) is 5.13 Å². The minimum Gasteiger partial charge on any atom is -0.508 e. The first kappa shape index (κ1) is 13.5. The number of rotatable bonds is 3. The minimum atomic E-state index is -0.657. The normalized spacial score (nSPS) is 13.0. The number of nitrogens with zero attached hydrogens (tertiary/aromatic N) is 2. The molecule has 0 atom stereocenters. The minimum absolute atomic E-state index is 0.185. The molecule has 0 saturated heterocycles. The number of nitrogens with one attached hydrogen (secondary N) is 1. The van der Waals surface area contributed by atoms with Gasteiger partial charge in [0.15, 0.2) is 5.13 Å². The third-order valence-corrected chi connectivity index (χ3v) is 4.31. The third-order valence-electron chi connectivity index (χ3n) is 3.24. The fourth-order valence-corrected chi connectivity index (χ4v) is 3.32. The fraction of sp³-hybridized carbons (Fsp3) is 0.231. The molecular weight excluding hydrogens is 294 g/mol. The largest absolute Gasteiger partial charge is 0.508 e. The third kappa shape index (κ3) is 2.57. The monoisotopic (exact) mass is 305 g/mol. The smallest absolute Gasteiger partial charge is 0.282 e. The van der Waals surface area contributed by atoms with E-state index in [0.717, 1.165) is 42.0 Å². The zero-order valence-electron chi connectivity index (χ0n) is 10.8. The summed E-state index contributed by atoms with van der Waals surface area (Å²) in [6, 6.07) is 3.35. The molecule has 2 N–H and O–H groups in total. The van der Waals surface area contributed by atoms with Crippen LogP contribution in [-0.2, 0) is 12.8 Å². The molecule has 0 aliphatic heterocycles. The Kier molecular flexibility index (Phi) is 3.30. The number of anilines is 1. The van der Waals surface area contributed by atoms with Crippen LogP contribution in [0, 0.1) is 10.1 Å².